The molecule has 2 heterocycles. The van der Waals surface area contributed by atoms with Gasteiger partial charge >= 0.3 is 0 Å². The normalized spacial score (nSPS) is 11.4. The number of pyridine rings is 2. The van der Waals surface area contributed by atoms with Crippen LogP contribution in [0.2, 0.25) is 5.02 Å². The van der Waals surface area contributed by atoms with Gasteiger partial charge in [0.25, 0.3) is 10.0 Å². The SMILES string of the molecule is Cc1ncccc1C(=O)c1ncc(Cl)cc1NS(=O)(=O)c1ccc(OC(C)C)cc1. The molecule has 0 amide bonds. The molecule has 0 unspecified atom stereocenters. The second kappa shape index (κ2) is 8.81. The van der Waals surface area contributed by atoms with Gasteiger partial charge in [-0.15, -0.1) is 0 Å². The van der Waals surface area contributed by atoms with Gasteiger partial charge < -0.3 is 4.74 Å². The Morgan fingerprint density at radius 2 is 1.83 bits per heavy atom. The molecule has 1 N–H and O–H groups in total. The number of ketones is 1. The zero-order valence-corrected chi connectivity index (χ0v) is 18.2. The van der Waals surface area contributed by atoms with Crippen molar-refractivity contribution in [1.82, 2.24) is 9.97 Å². The van der Waals surface area contributed by atoms with Crippen molar-refractivity contribution in [2.24, 2.45) is 0 Å². The van der Waals surface area contributed by atoms with Crippen molar-refractivity contribution in [3.63, 3.8) is 0 Å². The highest BCUT2D eigenvalue weighted by Crippen LogP contribution is 2.26. The van der Waals surface area contributed by atoms with E-state index >= 15 is 0 Å². The van der Waals surface area contributed by atoms with Crippen molar-refractivity contribution >= 4 is 33.1 Å². The number of ether oxygens (including phenoxy) is 1. The second-order valence-corrected chi connectivity index (χ2v) is 8.88. The van der Waals surface area contributed by atoms with E-state index in [1.54, 1.807) is 37.4 Å². The fourth-order valence-corrected chi connectivity index (χ4v) is 3.94. The molecular formula is C21H20ClN3O4S. The molecule has 156 valence electrons. The number of carbonyl (C=O) groups excluding carboxylic acids is 1. The molecule has 0 aliphatic heterocycles. The van der Waals surface area contributed by atoms with Crippen molar-refractivity contribution < 1.29 is 17.9 Å². The van der Waals surface area contributed by atoms with Crippen LogP contribution in [0.4, 0.5) is 5.69 Å². The molecule has 0 saturated heterocycles. The van der Waals surface area contributed by atoms with Gasteiger partial charge in [-0.2, -0.15) is 0 Å². The van der Waals surface area contributed by atoms with Crippen molar-refractivity contribution in [2.75, 3.05) is 4.72 Å². The van der Waals surface area contributed by atoms with Gasteiger partial charge in [-0.25, -0.2) is 13.4 Å². The van der Waals surface area contributed by atoms with Gasteiger partial charge in [0.2, 0.25) is 5.78 Å². The van der Waals surface area contributed by atoms with Gasteiger partial charge in [0.1, 0.15) is 11.4 Å². The Morgan fingerprint density at radius 3 is 2.47 bits per heavy atom. The number of benzene rings is 1. The number of nitrogens with one attached hydrogen (secondary N) is 1. The number of sulfonamides is 1. The molecule has 3 rings (SSSR count). The Bertz CT molecular complexity index is 1180. The maximum atomic E-state index is 13.0. The lowest BCUT2D eigenvalue weighted by Crippen LogP contribution is -2.17. The minimum atomic E-state index is -4.00. The first-order valence-corrected chi connectivity index (χ1v) is 10.9. The van der Waals surface area contributed by atoms with E-state index in [1.807, 2.05) is 13.8 Å². The number of aromatic nitrogens is 2. The van der Waals surface area contributed by atoms with Crippen molar-refractivity contribution in [2.45, 2.75) is 31.8 Å². The highest BCUT2D eigenvalue weighted by atomic mass is 35.5. The molecule has 0 aliphatic rings. The lowest BCUT2D eigenvalue weighted by molar-refractivity contribution is 0.103. The van der Waals surface area contributed by atoms with Crippen LogP contribution in [0.15, 0.2) is 59.8 Å². The molecule has 0 saturated carbocycles. The summed E-state index contributed by atoms with van der Waals surface area (Å²) in [5.74, 6) is 0.0898. The summed E-state index contributed by atoms with van der Waals surface area (Å²) in [4.78, 5) is 21.1. The molecule has 0 radical (unpaired) electrons. The summed E-state index contributed by atoms with van der Waals surface area (Å²) in [6, 6.07) is 10.6. The Kier molecular flexibility index (Phi) is 6.38. The maximum absolute atomic E-state index is 13.0. The number of anilines is 1. The van der Waals surface area contributed by atoms with E-state index in [1.165, 1.54) is 24.4 Å². The van der Waals surface area contributed by atoms with Crippen LogP contribution in [0.1, 0.15) is 35.6 Å². The minimum Gasteiger partial charge on any atom is -0.491 e. The standard InChI is InChI=1S/C21H20ClN3O4S/c1-13(2)29-16-6-8-17(9-7-16)30(27,28)25-19-11-15(22)12-24-20(19)21(26)18-5-4-10-23-14(18)3/h4-13,25H,1-3H3. The first kappa shape index (κ1) is 21.7. The van der Waals surface area contributed by atoms with Crippen LogP contribution in [0.25, 0.3) is 0 Å². The quantitative estimate of drug-likeness (QED) is 0.545. The van der Waals surface area contributed by atoms with Crippen molar-refractivity contribution in [1.29, 1.82) is 0 Å². The molecule has 0 fully saturated rings. The number of carbonyl (C=O) groups is 1. The maximum Gasteiger partial charge on any atom is 0.261 e. The first-order chi connectivity index (χ1) is 14.2. The summed E-state index contributed by atoms with van der Waals surface area (Å²) < 4.78 is 33.7. The molecule has 7 nitrogen and oxygen atoms in total. The molecule has 1 aromatic carbocycles. The summed E-state index contributed by atoms with van der Waals surface area (Å²) in [7, 11) is -4.00. The average Bonchev–Trinajstić information content (AvgIpc) is 2.68. The predicted octanol–water partition coefficient (Wildman–Crippen LogP) is 4.26. The number of rotatable bonds is 7. The molecule has 3 aromatic rings. The summed E-state index contributed by atoms with van der Waals surface area (Å²) >= 11 is 6.01. The number of hydrogen-bond donors (Lipinski definition) is 1. The molecule has 0 bridgehead atoms. The molecule has 2 aromatic heterocycles. The molecule has 0 atom stereocenters. The summed E-state index contributed by atoms with van der Waals surface area (Å²) in [6.45, 7) is 5.44. The molecular weight excluding hydrogens is 426 g/mol. The highest BCUT2D eigenvalue weighted by molar-refractivity contribution is 7.92. The van der Waals surface area contributed by atoms with Crippen LogP contribution in [-0.2, 0) is 10.0 Å². The minimum absolute atomic E-state index is 0.00883. The summed E-state index contributed by atoms with van der Waals surface area (Å²) in [5.41, 5.74) is 0.744. The van der Waals surface area contributed by atoms with Gasteiger partial charge in [0.15, 0.2) is 0 Å². The van der Waals surface area contributed by atoms with E-state index in [0.29, 0.717) is 17.0 Å². The van der Waals surface area contributed by atoms with Crippen LogP contribution in [0.5, 0.6) is 5.75 Å². The third kappa shape index (κ3) is 4.95. The lowest BCUT2D eigenvalue weighted by atomic mass is 10.1. The Balaban J connectivity index is 1.95. The first-order valence-electron chi connectivity index (χ1n) is 9.09. The third-order valence-corrected chi connectivity index (χ3v) is 5.66. The molecule has 0 spiro atoms. The van der Waals surface area contributed by atoms with E-state index in [-0.39, 0.29) is 27.4 Å². The number of hydrogen-bond acceptors (Lipinski definition) is 6. The fraction of sp³-hybridized carbons (Fsp3) is 0.190. The molecule has 9 heteroatoms. The van der Waals surface area contributed by atoms with Crippen molar-refractivity contribution in [3.05, 3.63) is 76.8 Å². The smallest absolute Gasteiger partial charge is 0.261 e. The molecule has 0 aliphatic carbocycles. The summed E-state index contributed by atoms with van der Waals surface area (Å²) in [6.07, 6.45) is 2.82. The Hall–Kier alpha value is -2.97. The average molecular weight is 446 g/mol. The van der Waals surface area contributed by atoms with E-state index in [4.69, 9.17) is 16.3 Å². The topological polar surface area (TPSA) is 98.3 Å². The van der Waals surface area contributed by atoms with Crippen molar-refractivity contribution in [3.8, 4) is 5.75 Å². The van der Waals surface area contributed by atoms with E-state index in [9.17, 15) is 13.2 Å². The van der Waals surface area contributed by atoms with Crippen LogP contribution >= 0.6 is 11.6 Å². The van der Waals surface area contributed by atoms with Gasteiger partial charge in [-0.1, -0.05) is 11.6 Å². The van der Waals surface area contributed by atoms with E-state index in [0.717, 1.165) is 0 Å². The van der Waals surface area contributed by atoms with Crippen LogP contribution in [0.3, 0.4) is 0 Å². The van der Waals surface area contributed by atoms with Gasteiger partial charge in [-0.05, 0) is 63.2 Å². The number of halogens is 1. The summed E-state index contributed by atoms with van der Waals surface area (Å²) in [5, 5.41) is 0.188. The predicted molar refractivity (Wildman–Crippen MR) is 115 cm³/mol. The highest BCUT2D eigenvalue weighted by Gasteiger charge is 2.22. The van der Waals surface area contributed by atoms with Crippen LogP contribution < -0.4 is 9.46 Å². The van der Waals surface area contributed by atoms with E-state index in [2.05, 4.69) is 14.7 Å². The zero-order chi connectivity index (χ0) is 21.9. The van der Waals surface area contributed by atoms with Gasteiger partial charge in [-0.3, -0.25) is 14.5 Å². The Labute approximate surface area is 180 Å². The molecule has 30 heavy (non-hydrogen) atoms. The van der Waals surface area contributed by atoms with Gasteiger partial charge in [0.05, 0.1) is 21.7 Å². The van der Waals surface area contributed by atoms with Crippen LogP contribution in [-0.4, -0.2) is 30.3 Å². The second-order valence-electron chi connectivity index (χ2n) is 6.76. The zero-order valence-electron chi connectivity index (χ0n) is 16.6. The monoisotopic (exact) mass is 445 g/mol. The van der Waals surface area contributed by atoms with Gasteiger partial charge in [0, 0.05) is 23.7 Å². The lowest BCUT2D eigenvalue weighted by Gasteiger charge is -2.13. The fourth-order valence-electron chi connectivity index (χ4n) is 2.72. The largest absolute Gasteiger partial charge is 0.491 e. The van der Waals surface area contributed by atoms with Crippen LogP contribution in [0, 0.1) is 6.92 Å². The number of nitrogens with zero attached hydrogens (tertiary/aromatic N) is 2. The number of aryl methyl sites for hydroxylation is 1. The Morgan fingerprint density at radius 1 is 1.13 bits per heavy atom. The third-order valence-electron chi connectivity index (χ3n) is 4.07. The van der Waals surface area contributed by atoms with E-state index < -0.39 is 15.8 Å².